The Kier molecular flexibility index (Phi) is 5.32. The predicted octanol–water partition coefficient (Wildman–Crippen LogP) is 3.54. The molecule has 0 aliphatic carbocycles. The molecule has 0 bridgehead atoms. The van der Waals surface area contributed by atoms with Gasteiger partial charge in [0.2, 0.25) is 11.8 Å². The molecule has 1 amide bonds. The second-order valence-corrected chi connectivity index (χ2v) is 4.95. The third-order valence-electron chi connectivity index (χ3n) is 3.29. The summed E-state index contributed by atoms with van der Waals surface area (Å²) in [5.74, 6) is 1.40. The highest BCUT2D eigenvalue weighted by Gasteiger charge is 2.09. The molecule has 1 aromatic heterocycles. The normalized spacial score (nSPS) is 11.7. The van der Waals surface area contributed by atoms with Gasteiger partial charge in [0.1, 0.15) is 5.75 Å². The Morgan fingerprint density at radius 3 is 2.62 bits per heavy atom. The van der Waals surface area contributed by atoms with Crippen LogP contribution in [0.4, 0.5) is 0 Å². The second-order valence-electron chi connectivity index (χ2n) is 4.95. The molecule has 0 fully saturated rings. The average Bonchev–Trinajstić information content (AvgIpc) is 2.54. The van der Waals surface area contributed by atoms with Crippen molar-refractivity contribution in [2.24, 2.45) is 5.92 Å². The quantitative estimate of drug-likeness (QED) is 0.882. The molecular formula is C17H20N2O2. The van der Waals surface area contributed by atoms with Crippen molar-refractivity contribution in [3.05, 3.63) is 54.2 Å². The molecule has 0 saturated carbocycles. The number of pyridine rings is 1. The van der Waals surface area contributed by atoms with E-state index in [0.717, 1.165) is 17.7 Å². The number of ether oxygens (including phenoxy) is 1. The second kappa shape index (κ2) is 7.43. The molecule has 0 radical (unpaired) electrons. The summed E-state index contributed by atoms with van der Waals surface area (Å²) in [7, 11) is 0. The van der Waals surface area contributed by atoms with Crippen LogP contribution < -0.4 is 10.1 Å². The van der Waals surface area contributed by atoms with E-state index in [4.69, 9.17) is 4.74 Å². The van der Waals surface area contributed by atoms with E-state index >= 15 is 0 Å². The van der Waals surface area contributed by atoms with Crippen LogP contribution in [0, 0.1) is 5.92 Å². The number of nitrogens with zero attached hydrogens (tertiary/aromatic N) is 1. The largest absolute Gasteiger partial charge is 0.439 e. The molecule has 1 heterocycles. The lowest BCUT2D eigenvalue weighted by Gasteiger charge is -2.10. The number of rotatable bonds is 6. The summed E-state index contributed by atoms with van der Waals surface area (Å²) in [5.41, 5.74) is 0.951. The van der Waals surface area contributed by atoms with E-state index in [2.05, 4.69) is 10.3 Å². The zero-order valence-electron chi connectivity index (χ0n) is 12.4. The van der Waals surface area contributed by atoms with Crippen LogP contribution in [-0.4, -0.2) is 10.9 Å². The first kappa shape index (κ1) is 15.0. The van der Waals surface area contributed by atoms with Crippen LogP contribution >= 0.6 is 0 Å². The number of carbonyl (C=O) groups is 1. The maximum Gasteiger partial charge on any atom is 0.223 e. The van der Waals surface area contributed by atoms with E-state index in [0.29, 0.717) is 12.4 Å². The van der Waals surface area contributed by atoms with E-state index in [9.17, 15) is 4.79 Å². The topological polar surface area (TPSA) is 51.2 Å². The molecule has 21 heavy (non-hydrogen) atoms. The Labute approximate surface area is 125 Å². The Morgan fingerprint density at radius 2 is 2.00 bits per heavy atom. The smallest absolute Gasteiger partial charge is 0.223 e. The van der Waals surface area contributed by atoms with E-state index in [-0.39, 0.29) is 11.8 Å². The van der Waals surface area contributed by atoms with E-state index in [1.54, 1.807) is 12.3 Å². The summed E-state index contributed by atoms with van der Waals surface area (Å²) in [6, 6.07) is 13.2. The molecule has 0 saturated heterocycles. The number of hydrogen-bond acceptors (Lipinski definition) is 3. The lowest BCUT2D eigenvalue weighted by Crippen LogP contribution is -2.28. The highest BCUT2D eigenvalue weighted by molar-refractivity contribution is 5.78. The molecule has 2 aromatic rings. The van der Waals surface area contributed by atoms with Crippen LogP contribution in [-0.2, 0) is 11.3 Å². The summed E-state index contributed by atoms with van der Waals surface area (Å²) < 4.78 is 5.62. The van der Waals surface area contributed by atoms with E-state index in [1.807, 2.05) is 50.2 Å². The number of amides is 1. The van der Waals surface area contributed by atoms with Crippen LogP contribution in [0.15, 0.2) is 48.7 Å². The van der Waals surface area contributed by atoms with E-state index < -0.39 is 0 Å². The minimum absolute atomic E-state index is 0.0404. The fourth-order valence-electron chi connectivity index (χ4n) is 1.73. The maximum atomic E-state index is 11.7. The van der Waals surface area contributed by atoms with Crippen molar-refractivity contribution < 1.29 is 9.53 Å². The van der Waals surface area contributed by atoms with Crippen LogP contribution in [0.3, 0.4) is 0 Å². The van der Waals surface area contributed by atoms with Gasteiger partial charge in [0.25, 0.3) is 0 Å². The molecule has 2 rings (SSSR count). The SMILES string of the molecule is CC[C@H](C)C(=O)NCc1ccc(Oc2ccccc2)nc1. The maximum absolute atomic E-state index is 11.7. The average molecular weight is 284 g/mol. The van der Waals surface area contributed by atoms with Gasteiger partial charge in [-0.3, -0.25) is 4.79 Å². The monoisotopic (exact) mass is 284 g/mol. The first-order chi connectivity index (χ1) is 10.2. The van der Waals surface area contributed by atoms with Gasteiger partial charge in [-0.15, -0.1) is 0 Å². The van der Waals surface area contributed by atoms with Gasteiger partial charge in [0, 0.05) is 24.7 Å². The molecule has 1 aromatic carbocycles. The van der Waals surface area contributed by atoms with Crippen LogP contribution in [0.1, 0.15) is 25.8 Å². The Morgan fingerprint density at radius 1 is 1.24 bits per heavy atom. The summed E-state index contributed by atoms with van der Waals surface area (Å²) in [6.07, 6.45) is 2.56. The number of nitrogens with one attached hydrogen (secondary N) is 1. The van der Waals surface area contributed by atoms with Crippen LogP contribution in [0.5, 0.6) is 11.6 Å². The first-order valence-electron chi connectivity index (χ1n) is 7.14. The fraction of sp³-hybridized carbons (Fsp3) is 0.294. The minimum Gasteiger partial charge on any atom is -0.439 e. The van der Waals surface area contributed by atoms with Crippen molar-refractivity contribution in [3.8, 4) is 11.6 Å². The number of aromatic nitrogens is 1. The van der Waals surface area contributed by atoms with Crippen LogP contribution in [0.2, 0.25) is 0 Å². The number of hydrogen-bond donors (Lipinski definition) is 1. The third kappa shape index (κ3) is 4.60. The minimum atomic E-state index is 0.0404. The standard InChI is InChI=1S/C17H20N2O2/c1-3-13(2)17(20)19-12-14-9-10-16(18-11-14)21-15-7-5-4-6-8-15/h4-11,13H,3,12H2,1-2H3,(H,19,20)/t13-/m0/s1. The number of para-hydroxylation sites is 1. The van der Waals surface area contributed by atoms with Gasteiger partial charge in [0.15, 0.2) is 0 Å². The molecule has 0 spiro atoms. The summed E-state index contributed by atoms with van der Waals surface area (Å²) in [6.45, 7) is 4.41. The first-order valence-corrected chi connectivity index (χ1v) is 7.14. The summed E-state index contributed by atoms with van der Waals surface area (Å²) in [4.78, 5) is 15.9. The van der Waals surface area contributed by atoms with Crippen molar-refractivity contribution in [2.45, 2.75) is 26.8 Å². The Bertz CT molecular complexity index is 567. The van der Waals surface area contributed by atoms with E-state index in [1.165, 1.54) is 0 Å². The van der Waals surface area contributed by atoms with Gasteiger partial charge >= 0.3 is 0 Å². The summed E-state index contributed by atoms with van der Waals surface area (Å²) >= 11 is 0. The van der Waals surface area contributed by atoms with Gasteiger partial charge in [-0.2, -0.15) is 0 Å². The fourth-order valence-corrected chi connectivity index (χ4v) is 1.73. The van der Waals surface area contributed by atoms with Crippen molar-refractivity contribution >= 4 is 5.91 Å². The van der Waals surface area contributed by atoms with Crippen LogP contribution in [0.25, 0.3) is 0 Å². The Hall–Kier alpha value is -2.36. The summed E-state index contributed by atoms with van der Waals surface area (Å²) in [5, 5.41) is 2.90. The molecular weight excluding hydrogens is 264 g/mol. The number of carbonyl (C=O) groups excluding carboxylic acids is 1. The van der Waals surface area contributed by atoms with Gasteiger partial charge in [-0.25, -0.2) is 4.98 Å². The van der Waals surface area contributed by atoms with Gasteiger partial charge in [-0.1, -0.05) is 38.1 Å². The molecule has 1 atom stereocenters. The molecule has 0 aliphatic heterocycles. The highest BCUT2D eigenvalue weighted by Crippen LogP contribution is 2.18. The molecule has 1 N–H and O–H groups in total. The predicted molar refractivity (Wildman–Crippen MR) is 82.1 cm³/mol. The molecule has 0 unspecified atom stereocenters. The van der Waals surface area contributed by atoms with Crippen molar-refractivity contribution in [2.75, 3.05) is 0 Å². The van der Waals surface area contributed by atoms with Gasteiger partial charge in [0.05, 0.1) is 0 Å². The number of benzene rings is 1. The van der Waals surface area contributed by atoms with Gasteiger partial charge < -0.3 is 10.1 Å². The van der Waals surface area contributed by atoms with Crippen molar-refractivity contribution in [1.82, 2.24) is 10.3 Å². The molecule has 4 heteroatoms. The third-order valence-corrected chi connectivity index (χ3v) is 3.29. The lowest BCUT2D eigenvalue weighted by molar-refractivity contribution is -0.124. The molecule has 110 valence electrons. The van der Waals surface area contributed by atoms with Gasteiger partial charge in [-0.05, 0) is 24.1 Å². The van der Waals surface area contributed by atoms with Crippen molar-refractivity contribution in [3.63, 3.8) is 0 Å². The zero-order chi connectivity index (χ0) is 15.1. The highest BCUT2D eigenvalue weighted by atomic mass is 16.5. The van der Waals surface area contributed by atoms with Crippen molar-refractivity contribution in [1.29, 1.82) is 0 Å². The zero-order valence-corrected chi connectivity index (χ0v) is 12.4. The molecule has 0 aliphatic rings. The molecule has 4 nitrogen and oxygen atoms in total. The Balaban J connectivity index is 1.89. The lowest BCUT2D eigenvalue weighted by atomic mass is 10.1.